The maximum Gasteiger partial charge on any atom is 0.410 e. The Labute approximate surface area is 127 Å². The van der Waals surface area contributed by atoms with Crippen LogP contribution in [-0.4, -0.2) is 23.1 Å². The smallest absolute Gasteiger partial charge is 0.358 e. The molecule has 0 saturated carbocycles. The van der Waals surface area contributed by atoms with Gasteiger partial charge in [0.25, 0.3) is 9.05 Å². The molecule has 2 aromatic rings. The van der Waals surface area contributed by atoms with Gasteiger partial charge in [0.05, 0.1) is 17.8 Å². The van der Waals surface area contributed by atoms with Crippen molar-refractivity contribution in [3.8, 4) is 0 Å². The molecular formula is C10H6Cl2FN3O4S. The molecule has 0 aliphatic heterocycles. The van der Waals surface area contributed by atoms with Crippen molar-refractivity contribution >= 4 is 37.2 Å². The SMILES string of the molecule is O=[N+]([O-])c1nn(Cc2cc(Cl)ccc2F)cc1S(=O)(=O)Cl. The van der Waals surface area contributed by atoms with Crippen LogP contribution in [0.15, 0.2) is 29.3 Å². The second-order valence-electron chi connectivity index (χ2n) is 3.95. The van der Waals surface area contributed by atoms with Gasteiger partial charge in [-0.1, -0.05) is 11.6 Å². The summed E-state index contributed by atoms with van der Waals surface area (Å²) in [5.41, 5.74) is 0.0958. The lowest BCUT2D eigenvalue weighted by molar-refractivity contribution is -0.392. The fourth-order valence-electron chi connectivity index (χ4n) is 1.61. The second-order valence-corrected chi connectivity index (χ2v) is 6.92. The van der Waals surface area contributed by atoms with Crippen molar-refractivity contribution in [2.45, 2.75) is 11.4 Å². The second kappa shape index (κ2) is 5.58. The van der Waals surface area contributed by atoms with E-state index in [-0.39, 0.29) is 17.1 Å². The first-order valence-corrected chi connectivity index (χ1v) is 7.97. The van der Waals surface area contributed by atoms with Crippen LogP contribution in [0.5, 0.6) is 0 Å². The van der Waals surface area contributed by atoms with E-state index in [0.29, 0.717) is 0 Å². The van der Waals surface area contributed by atoms with Gasteiger partial charge in [-0.15, -0.1) is 0 Å². The Kier molecular flexibility index (Phi) is 4.17. The Morgan fingerprint density at radius 2 is 2.10 bits per heavy atom. The summed E-state index contributed by atoms with van der Waals surface area (Å²) in [4.78, 5) is 9.03. The summed E-state index contributed by atoms with van der Waals surface area (Å²) < 4.78 is 37.0. The molecule has 0 saturated heterocycles. The summed E-state index contributed by atoms with van der Waals surface area (Å²) in [5.74, 6) is -1.53. The zero-order chi connectivity index (χ0) is 15.8. The molecule has 0 aliphatic carbocycles. The molecule has 1 aromatic carbocycles. The topological polar surface area (TPSA) is 95.1 Å². The minimum absolute atomic E-state index is 0.0958. The first-order valence-electron chi connectivity index (χ1n) is 5.29. The lowest BCUT2D eigenvalue weighted by Gasteiger charge is -2.01. The molecule has 0 unspecified atom stereocenters. The lowest BCUT2D eigenvalue weighted by atomic mass is 10.2. The molecule has 11 heteroatoms. The third kappa shape index (κ3) is 3.49. The fourth-order valence-corrected chi connectivity index (χ4v) is 2.71. The van der Waals surface area contributed by atoms with Gasteiger partial charge < -0.3 is 10.1 Å². The van der Waals surface area contributed by atoms with Gasteiger partial charge in [0.1, 0.15) is 5.82 Å². The Balaban J connectivity index is 2.47. The Morgan fingerprint density at radius 1 is 1.43 bits per heavy atom. The molecule has 0 amide bonds. The molecule has 0 bridgehead atoms. The Hall–Kier alpha value is -1.71. The van der Waals surface area contributed by atoms with Crippen LogP contribution >= 0.6 is 22.3 Å². The number of halogens is 3. The van der Waals surface area contributed by atoms with Gasteiger partial charge in [-0.05, 0) is 23.1 Å². The molecule has 112 valence electrons. The first kappa shape index (κ1) is 15.7. The summed E-state index contributed by atoms with van der Waals surface area (Å²) in [7, 11) is 0.759. The van der Waals surface area contributed by atoms with Gasteiger partial charge in [-0.25, -0.2) is 12.8 Å². The van der Waals surface area contributed by atoms with E-state index in [1.807, 2.05) is 0 Å². The van der Waals surface area contributed by atoms with E-state index in [1.165, 1.54) is 12.1 Å². The lowest BCUT2D eigenvalue weighted by Crippen LogP contribution is -2.03. The maximum absolute atomic E-state index is 13.6. The molecule has 0 atom stereocenters. The summed E-state index contributed by atoms with van der Waals surface area (Å²) in [6.07, 6.45) is 0.862. The highest BCUT2D eigenvalue weighted by Gasteiger charge is 2.30. The monoisotopic (exact) mass is 353 g/mol. The van der Waals surface area contributed by atoms with Crippen LogP contribution in [0.2, 0.25) is 5.02 Å². The van der Waals surface area contributed by atoms with Crippen LogP contribution in [0.4, 0.5) is 10.2 Å². The third-order valence-corrected chi connectivity index (χ3v) is 4.03. The molecule has 0 aliphatic rings. The number of rotatable bonds is 4. The van der Waals surface area contributed by atoms with Crippen LogP contribution in [0, 0.1) is 15.9 Å². The van der Waals surface area contributed by atoms with E-state index in [1.54, 1.807) is 0 Å². The highest BCUT2D eigenvalue weighted by Crippen LogP contribution is 2.26. The maximum atomic E-state index is 13.6. The van der Waals surface area contributed by atoms with Gasteiger partial charge in [-0.3, -0.25) is 0 Å². The molecular weight excluding hydrogens is 348 g/mol. The number of benzene rings is 1. The van der Waals surface area contributed by atoms with Gasteiger partial charge in [0.2, 0.25) is 4.90 Å². The van der Waals surface area contributed by atoms with Crippen molar-refractivity contribution < 1.29 is 17.7 Å². The van der Waals surface area contributed by atoms with Crippen LogP contribution in [0.25, 0.3) is 0 Å². The fraction of sp³-hybridized carbons (Fsp3) is 0.100. The van der Waals surface area contributed by atoms with Crippen LogP contribution in [0.3, 0.4) is 0 Å². The van der Waals surface area contributed by atoms with Crippen molar-refractivity contribution in [2.24, 2.45) is 0 Å². The molecule has 21 heavy (non-hydrogen) atoms. The molecule has 1 heterocycles. The summed E-state index contributed by atoms with van der Waals surface area (Å²) in [6.45, 7) is -0.236. The predicted octanol–water partition coefficient (Wildman–Crippen LogP) is 2.56. The van der Waals surface area contributed by atoms with Crippen molar-refractivity contribution in [1.82, 2.24) is 9.78 Å². The van der Waals surface area contributed by atoms with Crippen molar-refractivity contribution in [2.75, 3.05) is 0 Å². The number of nitro groups is 1. The summed E-state index contributed by atoms with van der Waals surface area (Å²) in [6, 6.07) is 3.76. The van der Waals surface area contributed by atoms with Gasteiger partial charge in [-0.2, -0.15) is 4.68 Å². The normalized spacial score (nSPS) is 11.6. The number of aromatic nitrogens is 2. The van der Waals surface area contributed by atoms with Crippen LogP contribution in [-0.2, 0) is 15.6 Å². The van der Waals surface area contributed by atoms with E-state index in [2.05, 4.69) is 5.10 Å². The van der Waals surface area contributed by atoms with E-state index < -0.39 is 30.5 Å². The molecule has 7 nitrogen and oxygen atoms in total. The number of nitrogens with zero attached hydrogens (tertiary/aromatic N) is 3. The highest BCUT2D eigenvalue weighted by atomic mass is 35.7. The average molecular weight is 354 g/mol. The summed E-state index contributed by atoms with van der Waals surface area (Å²) >= 11 is 5.72. The molecule has 1 aromatic heterocycles. The zero-order valence-electron chi connectivity index (χ0n) is 10.0. The first-order chi connectivity index (χ1) is 9.68. The molecule has 0 radical (unpaired) electrons. The summed E-state index contributed by atoms with van der Waals surface area (Å²) in [5, 5.41) is 14.5. The Morgan fingerprint density at radius 3 is 2.62 bits per heavy atom. The van der Waals surface area contributed by atoms with Gasteiger partial charge in [0.15, 0.2) is 0 Å². The van der Waals surface area contributed by atoms with E-state index in [0.717, 1.165) is 16.9 Å². The average Bonchev–Trinajstić information content (AvgIpc) is 2.78. The predicted molar refractivity (Wildman–Crippen MR) is 72.4 cm³/mol. The van der Waals surface area contributed by atoms with Gasteiger partial charge >= 0.3 is 5.82 Å². The van der Waals surface area contributed by atoms with Crippen molar-refractivity contribution in [1.29, 1.82) is 0 Å². The van der Waals surface area contributed by atoms with E-state index in [9.17, 15) is 22.9 Å². The molecule has 0 spiro atoms. The van der Waals surface area contributed by atoms with E-state index in [4.69, 9.17) is 22.3 Å². The quantitative estimate of drug-likeness (QED) is 0.478. The largest absolute Gasteiger partial charge is 0.410 e. The number of hydrogen-bond donors (Lipinski definition) is 0. The number of hydrogen-bond acceptors (Lipinski definition) is 5. The molecule has 2 rings (SSSR count). The molecule has 0 N–H and O–H groups in total. The highest BCUT2D eigenvalue weighted by molar-refractivity contribution is 8.13. The zero-order valence-corrected chi connectivity index (χ0v) is 12.4. The van der Waals surface area contributed by atoms with Crippen LogP contribution in [0.1, 0.15) is 5.56 Å². The van der Waals surface area contributed by atoms with Crippen molar-refractivity contribution in [3.05, 3.63) is 50.9 Å². The minimum atomic E-state index is -4.34. The third-order valence-electron chi connectivity index (χ3n) is 2.49. The van der Waals surface area contributed by atoms with E-state index >= 15 is 0 Å². The Bertz CT molecular complexity index is 822. The standard InChI is InChI=1S/C10H6Cl2FN3O4S/c11-7-1-2-8(13)6(3-7)4-15-5-9(21(12,19)20)10(14-15)16(17)18/h1-3,5H,4H2. The van der Waals surface area contributed by atoms with Crippen molar-refractivity contribution in [3.63, 3.8) is 0 Å². The molecule has 0 fully saturated rings. The minimum Gasteiger partial charge on any atom is -0.358 e. The van der Waals surface area contributed by atoms with Gasteiger partial charge in [0, 0.05) is 21.3 Å². The van der Waals surface area contributed by atoms with Crippen LogP contribution < -0.4 is 0 Å².